The van der Waals surface area contributed by atoms with E-state index in [1.165, 1.54) is 22.8 Å². The van der Waals surface area contributed by atoms with E-state index in [1.54, 1.807) is 13.0 Å². The lowest BCUT2D eigenvalue weighted by molar-refractivity contribution is -0.131. The van der Waals surface area contributed by atoms with Gasteiger partial charge in [-0.05, 0) is 96.8 Å². The van der Waals surface area contributed by atoms with Crippen LogP contribution in [0.3, 0.4) is 0 Å². The van der Waals surface area contributed by atoms with Crippen LogP contribution in [0.25, 0.3) is 0 Å². The molecule has 0 heterocycles. The summed E-state index contributed by atoms with van der Waals surface area (Å²) in [5, 5.41) is 8.66. The van der Waals surface area contributed by atoms with E-state index in [0.717, 1.165) is 38.5 Å². The highest BCUT2D eigenvalue weighted by Crippen LogP contribution is 2.14. The molecule has 0 aliphatic rings. The second-order valence-electron chi connectivity index (χ2n) is 7.72. The normalized spacial score (nSPS) is 13.6. The van der Waals surface area contributed by atoms with Gasteiger partial charge in [0.05, 0.1) is 0 Å². The van der Waals surface area contributed by atoms with E-state index in [2.05, 4.69) is 58.6 Å². The Morgan fingerprint density at radius 3 is 2.04 bits per heavy atom. The molecule has 0 saturated carbocycles. The van der Waals surface area contributed by atoms with Gasteiger partial charge in [0.15, 0.2) is 0 Å². The first-order valence-corrected chi connectivity index (χ1v) is 9.99. The van der Waals surface area contributed by atoms with Gasteiger partial charge in [0.1, 0.15) is 0 Å². The first kappa shape index (κ1) is 24.9. The standard InChI is InChI=1S/C25H38O2/c1-20(2)11-7-12-21(3)13-8-14-22(4)15-9-16-23(5)17-10-18-24(6)19-25(26)27/h11,13,15,17-19,23H,7-9,12,14,16H2,1-6H3,(H,26,27). The Kier molecular flexibility index (Phi) is 13.9. The highest BCUT2D eigenvalue weighted by atomic mass is 16.4. The largest absolute Gasteiger partial charge is 0.478 e. The van der Waals surface area contributed by atoms with Gasteiger partial charge in [-0.25, -0.2) is 4.79 Å². The summed E-state index contributed by atoms with van der Waals surface area (Å²) in [5.41, 5.74) is 8.12. The number of carboxylic acids is 1. The second kappa shape index (κ2) is 15.1. The van der Waals surface area contributed by atoms with E-state index >= 15 is 0 Å². The predicted octanol–water partition coefficient (Wildman–Crippen LogP) is 7.56. The molecule has 0 spiro atoms. The smallest absolute Gasteiger partial charge is 0.328 e. The van der Waals surface area contributed by atoms with Crippen LogP contribution >= 0.6 is 0 Å². The van der Waals surface area contributed by atoms with Crippen molar-refractivity contribution in [1.29, 1.82) is 0 Å². The topological polar surface area (TPSA) is 37.3 Å². The molecule has 0 aromatic rings. The molecule has 2 heteroatoms. The molecule has 27 heavy (non-hydrogen) atoms. The first-order valence-electron chi connectivity index (χ1n) is 9.99. The van der Waals surface area contributed by atoms with Crippen molar-refractivity contribution in [3.05, 3.63) is 64.5 Å². The molecule has 0 fully saturated rings. The maximum atomic E-state index is 10.5. The average Bonchev–Trinajstić information content (AvgIpc) is 2.53. The molecule has 0 amide bonds. The zero-order valence-corrected chi connectivity index (χ0v) is 18.1. The monoisotopic (exact) mass is 370 g/mol. The SMILES string of the molecule is CC(C)=CCCC(C)=CCCC(C)=CCCC(C)C=C=CC(C)=CC(=O)O. The minimum Gasteiger partial charge on any atom is -0.478 e. The summed E-state index contributed by atoms with van der Waals surface area (Å²) < 4.78 is 0. The molecule has 2 nitrogen and oxygen atoms in total. The van der Waals surface area contributed by atoms with Gasteiger partial charge < -0.3 is 5.11 Å². The average molecular weight is 371 g/mol. The molecule has 0 bridgehead atoms. The Labute approximate surface area is 166 Å². The zero-order valence-electron chi connectivity index (χ0n) is 18.1. The van der Waals surface area contributed by atoms with Gasteiger partial charge >= 0.3 is 5.97 Å². The minimum absolute atomic E-state index is 0.431. The molecule has 0 aromatic heterocycles. The van der Waals surface area contributed by atoms with E-state index in [1.807, 2.05) is 6.08 Å². The van der Waals surface area contributed by atoms with Crippen LogP contribution in [0.4, 0.5) is 0 Å². The van der Waals surface area contributed by atoms with E-state index < -0.39 is 5.97 Å². The first-order chi connectivity index (χ1) is 12.7. The van der Waals surface area contributed by atoms with Crippen molar-refractivity contribution >= 4 is 5.97 Å². The lowest BCUT2D eigenvalue weighted by atomic mass is 10.0. The number of hydrogen-bond donors (Lipinski definition) is 1. The Morgan fingerprint density at radius 1 is 0.926 bits per heavy atom. The van der Waals surface area contributed by atoms with E-state index in [-0.39, 0.29) is 0 Å². The number of carbonyl (C=O) groups is 1. The Hall–Kier alpha value is -2.05. The summed E-state index contributed by atoms with van der Waals surface area (Å²) in [6, 6.07) is 0. The highest BCUT2D eigenvalue weighted by Gasteiger charge is 1.96. The summed E-state index contributed by atoms with van der Waals surface area (Å²) in [6.07, 6.45) is 18.6. The number of hydrogen-bond acceptors (Lipinski definition) is 1. The summed E-state index contributed by atoms with van der Waals surface area (Å²) >= 11 is 0. The molecule has 0 saturated heterocycles. The summed E-state index contributed by atoms with van der Waals surface area (Å²) in [6.45, 7) is 12.7. The quantitative estimate of drug-likeness (QED) is 0.166. The van der Waals surface area contributed by atoms with E-state index in [0.29, 0.717) is 11.5 Å². The number of allylic oxidation sites excluding steroid dienone is 8. The molecule has 0 aliphatic heterocycles. The summed E-state index contributed by atoms with van der Waals surface area (Å²) in [5.74, 6) is -0.489. The number of carboxylic acid groups (broad SMARTS) is 1. The molecule has 1 N–H and O–H groups in total. The van der Waals surface area contributed by atoms with Crippen molar-refractivity contribution in [3.8, 4) is 0 Å². The van der Waals surface area contributed by atoms with Crippen LogP contribution in [0.2, 0.25) is 0 Å². The molecule has 0 aromatic carbocycles. The summed E-state index contributed by atoms with van der Waals surface area (Å²) in [4.78, 5) is 10.5. The van der Waals surface area contributed by atoms with Gasteiger partial charge in [-0.3, -0.25) is 0 Å². The van der Waals surface area contributed by atoms with Gasteiger partial charge in [-0.15, -0.1) is 5.73 Å². The van der Waals surface area contributed by atoms with Crippen LogP contribution in [0.5, 0.6) is 0 Å². The van der Waals surface area contributed by atoms with Gasteiger partial charge in [0.25, 0.3) is 0 Å². The molecular formula is C25H38O2. The lowest BCUT2D eigenvalue weighted by Crippen LogP contribution is -1.89. The fraction of sp³-hybridized carbons (Fsp3) is 0.520. The van der Waals surface area contributed by atoms with E-state index in [9.17, 15) is 4.79 Å². The fourth-order valence-electron chi connectivity index (χ4n) is 2.60. The van der Waals surface area contributed by atoms with Crippen LogP contribution in [-0.4, -0.2) is 11.1 Å². The fourth-order valence-corrected chi connectivity index (χ4v) is 2.60. The van der Waals surface area contributed by atoms with Gasteiger partial charge in [0.2, 0.25) is 0 Å². The summed E-state index contributed by atoms with van der Waals surface area (Å²) in [7, 11) is 0. The van der Waals surface area contributed by atoms with Gasteiger partial charge in [0, 0.05) is 6.08 Å². The van der Waals surface area contributed by atoms with Crippen LogP contribution in [0.1, 0.15) is 80.1 Å². The molecular weight excluding hydrogens is 332 g/mol. The van der Waals surface area contributed by atoms with Crippen molar-refractivity contribution in [2.75, 3.05) is 0 Å². The minimum atomic E-state index is -0.919. The number of rotatable bonds is 12. The molecule has 1 unspecified atom stereocenters. The molecule has 1 atom stereocenters. The zero-order chi connectivity index (χ0) is 20.7. The maximum absolute atomic E-state index is 10.5. The van der Waals surface area contributed by atoms with Gasteiger partial charge in [-0.1, -0.05) is 41.9 Å². The molecule has 0 rings (SSSR count). The molecule has 0 aliphatic carbocycles. The van der Waals surface area contributed by atoms with Crippen molar-refractivity contribution in [2.45, 2.75) is 80.1 Å². The molecule has 150 valence electrons. The van der Waals surface area contributed by atoms with Crippen LogP contribution in [0.15, 0.2) is 64.5 Å². The van der Waals surface area contributed by atoms with E-state index in [4.69, 9.17) is 5.11 Å². The van der Waals surface area contributed by atoms with Crippen LogP contribution in [0, 0.1) is 5.92 Å². The van der Waals surface area contributed by atoms with Crippen LogP contribution in [-0.2, 0) is 4.79 Å². The maximum Gasteiger partial charge on any atom is 0.328 e. The second-order valence-corrected chi connectivity index (χ2v) is 7.72. The van der Waals surface area contributed by atoms with Crippen LogP contribution < -0.4 is 0 Å². The van der Waals surface area contributed by atoms with Crippen molar-refractivity contribution in [2.24, 2.45) is 5.92 Å². The Balaban J connectivity index is 4.19. The van der Waals surface area contributed by atoms with Crippen molar-refractivity contribution in [1.82, 2.24) is 0 Å². The van der Waals surface area contributed by atoms with Crippen molar-refractivity contribution in [3.63, 3.8) is 0 Å². The van der Waals surface area contributed by atoms with Crippen molar-refractivity contribution < 1.29 is 9.90 Å². The third-order valence-corrected chi connectivity index (χ3v) is 4.28. The Morgan fingerprint density at radius 2 is 1.48 bits per heavy atom. The Bertz CT molecular complexity index is 631. The predicted molar refractivity (Wildman–Crippen MR) is 118 cm³/mol. The number of aliphatic carboxylic acids is 1. The molecule has 0 radical (unpaired) electrons. The lowest BCUT2D eigenvalue weighted by Gasteiger charge is -2.04. The third-order valence-electron chi connectivity index (χ3n) is 4.28. The highest BCUT2D eigenvalue weighted by molar-refractivity contribution is 5.81. The van der Waals surface area contributed by atoms with Gasteiger partial charge in [-0.2, -0.15) is 0 Å². The third kappa shape index (κ3) is 17.1.